The number of aliphatic hydroxyl groups excluding tert-OH is 1. The summed E-state index contributed by atoms with van der Waals surface area (Å²) >= 11 is 0. The molecule has 26 heavy (non-hydrogen) atoms. The zero-order chi connectivity index (χ0) is 18.0. The summed E-state index contributed by atoms with van der Waals surface area (Å²) in [4.78, 5) is 14.8. The van der Waals surface area contributed by atoms with Crippen molar-refractivity contribution in [2.24, 2.45) is 11.3 Å². The monoisotopic (exact) mass is 353 g/mol. The van der Waals surface area contributed by atoms with Gasteiger partial charge in [-0.05, 0) is 42.7 Å². The van der Waals surface area contributed by atoms with Crippen molar-refractivity contribution in [1.29, 1.82) is 0 Å². The molecule has 136 valence electrons. The first kappa shape index (κ1) is 17.1. The average Bonchev–Trinajstić information content (AvgIpc) is 3.09. The number of likely N-dealkylation sites (tertiary alicyclic amines) is 1. The predicted molar refractivity (Wildman–Crippen MR) is 97.3 cm³/mol. The fourth-order valence-electron chi connectivity index (χ4n) is 3.97. The Balaban J connectivity index is 1.51. The van der Waals surface area contributed by atoms with E-state index in [1.807, 2.05) is 53.4 Å². The lowest BCUT2D eigenvalue weighted by atomic mass is 9.76. The predicted octanol–water partition coefficient (Wildman–Crippen LogP) is 2.95. The van der Waals surface area contributed by atoms with Crippen LogP contribution in [0, 0.1) is 11.3 Å². The van der Waals surface area contributed by atoms with Crippen LogP contribution in [0.1, 0.15) is 16.8 Å². The van der Waals surface area contributed by atoms with Gasteiger partial charge in [-0.1, -0.05) is 24.3 Å². The summed E-state index contributed by atoms with van der Waals surface area (Å²) in [6.07, 6.45) is 0.890. The van der Waals surface area contributed by atoms with Crippen molar-refractivity contribution in [3.63, 3.8) is 0 Å². The molecule has 2 fully saturated rings. The minimum absolute atomic E-state index is 0.0225. The highest BCUT2D eigenvalue weighted by Crippen LogP contribution is 2.41. The van der Waals surface area contributed by atoms with Gasteiger partial charge in [0.1, 0.15) is 11.5 Å². The van der Waals surface area contributed by atoms with Crippen LogP contribution in [0.4, 0.5) is 0 Å². The van der Waals surface area contributed by atoms with Crippen LogP contribution in [0.15, 0.2) is 54.6 Å². The molecule has 2 heterocycles. The van der Waals surface area contributed by atoms with Gasteiger partial charge in [0.15, 0.2) is 0 Å². The summed E-state index contributed by atoms with van der Waals surface area (Å²) < 4.78 is 11.4. The number of benzene rings is 2. The van der Waals surface area contributed by atoms with Crippen LogP contribution in [-0.4, -0.2) is 48.8 Å². The van der Waals surface area contributed by atoms with Gasteiger partial charge in [0.25, 0.3) is 5.91 Å². The number of ether oxygens (including phenoxy) is 2. The van der Waals surface area contributed by atoms with Crippen molar-refractivity contribution in [2.75, 3.05) is 32.9 Å². The SMILES string of the molecule is O=C(c1cccc(Oc2ccccc2)c1)N1C[C@@H]2CCOC[C@]2(CO)C1. The molecule has 5 nitrogen and oxygen atoms in total. The Morgan fingerprint density at radius 2 is 2.00 bits per heavy atom. The van der Waals surface area contributed by atoms with E-state index in [1.54, 1.807) is 6.07 Å². The molecule has 1 amide bonds. The van der Waals surface area contributed by atoms with Crippen LogP contribution in [0.25, 0.3) is 0 Å². The Morgan fingerprint density at radius 3 is 2.77 bits per heavy atom. The van der Waals surface area contributed by atoms with Gasteiger partial charge in [0.05, 0.1) is 13.2 Å². The van der Waals surface area contributed by atoms with Gasteiger partial charge < -0.3 is 19.5 Å². The Bertz CT molecular complexity index is 779. The van der Waals surface area contributed by atoms with E-state index in [0.717, 1.165) is 12.2 Å². The van der Waals surface area contributed by atoms with Crippen LogP contribution < -0.4 is 4.74 Å². The van der Waals surface area contributed by atoms with Gasteiger partial charge >= 0.3 is 0 Å². The number of aliphatic hydroxyl groups is 1. The van der Waals surface area contributed by atoms with E-state index >= 15 is 0 Å². The lowest BCUT2D eigenvalue weighted by Crippen LogP contribution is -2.43. The fraction of sp³-hybridized carbons (Fsp3) is 0.381. The van der Waals surface area contributed by atoms with E-state index in [-0.39, 0.29) is 17.9 Å². The van der Waals surface area contributed by atoms with E-state index in [2.05, 4.69) is 0 Å². The lowest BCUT2D eigenvalue weighted by molar-refractivity contribution is -0.0556. The third kappa shape index (κ3) is 3.20. The number of hydrogen-bond acceptors (Lipinski definition) is 4. The molecule has 2 atom stereocenters. The molecule has 0 aliphatic carbocycles. The third-order valence-electron chi connectivity index (χ3n) is 5.47. The summed E-state index contributed by atoms with van der Waals surface area (Å²) in [6.45, 7) is 2.49. The van der Waals surface area contributed by atoms with Gasteiger partial charge in [0.2, 0.25) is 0 Å². The molecule has 2 saturated heterocycles. The molecule has 1 N–H and O–H groups in total. The minimum Gasteiger partial charge on any atom is -0.457 e. The van der Waals surface area contributed by atoms with E-state index in [1.165, 1.54) is 0 Å². The zero-order valence-corrected chi connectivity index (χ0v) is 14.6. The van der Waals surface area contributed by atoms with Crippen molar-refractivity contribution in [3.05, 3.63) is 60.2 Å². The molecule has 5 heteroatoms. The largest absolute Gasteiger partial charge is 0.457 e. The van der Waals surface area contributed by atoms with E-state index in [4.69, 9.17) is 9.47 Å². The maximum Gasteiger partial charge on any atom is 0.254 e. The summed E-state index contributed by atoms with van der Waals surface area (Å²) in [5, 5.41) is 9.89. The highest BCUT2D eigenvalue weighted by atomic mass is 16.5. The van der Waals surface area contributed by atoms with Gasteiger partial charge in [-0.15, -0.1) is 0 Å². The summed E-state index contributed by atoms with van der Waals surface area (Å²) in [6, 6.07) is 16.8. The van der Waals surface area contributed by atoms with E-state index in [0.29, 0.717) is 43.5 Å². The molecule has 4 rings (SSSR count). The number of carbonyl (C=O) groups is 1. The van der Waals surface area contributed by atoms with Gasteiger partial charge in [-0.25, -0.2) is 0 Å². The molecule has 0 aromatic heterocycles. The molecular formula is C21H23NO4. The highest BCUT2D eigenvalue weighted by Gasteiger charge is 2.49. The highest BCUT2D eigenvalue weighted by molar-refractivity contribution is 5.94. The number of rotatable bonds is 4. The van der Waals surface area contributed by atoms with E-state index < -0.39 is 0 Å². The quantitative estimate of drug-likeness (QED) is 0.918. The Kier molecular flexibility index (Phi) is 4.66. The lowest BCUT2D eigenvalue weighted by Gasteiger charge is -2.36. The first-order valence-electron chi connectivity index (χ1n) is 9.01. The minimum atomic E-state index is -0.313. The second-order valence-corrected chi connectivity index (χ2v) is 7.19. The van der Waals surface area contributed by atoms with Crippen LogP contribution in [-0.2, 0) is 4.74 Å². The molecule has 0 spiro atoms. The molecule has 0 radical (unpaired) electrons. The molecule has 0 saturated carbocycles. The van der Waals surface area contributed by atoms with Crippen molar-refractivity contribution < 1.29 is 19.4 Å². The normalized spacial score (nSPS) is 25.0. The maximum absolute atomic E-state index is 13.0. The molecule has 2 aliphatic rings. The van der Waals surface area contributed by atoms with Gasteiger partial charge in [-0.2, -0.15) is 0 Å². The topological polar surface area (TPSA) is 59.0 Å². The molecule has 2 aliphatic heterocycles. The second-order valence-electron chi connectivity index (χ2n) is 7.19. The third-order valence-corrected chi connectivity index (χ3v) is 5.47. The number of fused-ring (bicyclic) bond motifs is 1. The molecule has 0 unspecified atom stereocenters. The van der Waals surface area contributed by atoms with Crippen LogP contribution in [0.5, 0.6) is 11.5 Å². The van der Waals surface area contributed by atoms with E-state index in [9.17, 15) is 9.90 Å². The van der Waals surface area contributed by atoms with Gasteiger partial charge in [-0.3, -0.25) is 4.79 Å². The van der Waals surface area contributed by atoms with Crippen molar-refractivity contribution in [2.45, 2.75) is 6.42 Å². The first-order valence-corrected chi connectivity index (χ1v) is 9.01. The number of carbonyl (C=O) groups excluding carboxylic acids is 1. The Labute approximate surface area is 153 Å². The van der Waals surface area contributed by atoms with Crippen molar-refractivity contribution in [3.8, 4) is 11.5 Å². The summed E-state index contributed by atoms with van der Waals surface area (Å²) in [7, 11) is 0. The number of nitrogens with zero attached hydrogens (tertiary/aromatic N) is 1. The molecule has 0 bridgehead atoms. The molecular weight excluding hydrogens is 330 g/mol. The maximum atomic E-state index is 13.0. The Morgan fingerprint density at radius 1 is 1.19 bits per heavy atom. The van der Waals surface area contributed by atoms with Crippen molar-refractivity contribution in [1.82, 2.24) is 4.90 Å². The zero-order valence-electron chi connectivity index (χ0n) is 14.6. The number of para-hydroxylation sites is 1. The summed E-state index contributed by atoms with van der Waals surface area (Å²) in [5.74, 6) is 1.65. The number of hydrogen-bond donors (Lipinski definition) is 1. The average molecular weight is 353 g/mol. The standard InChI is InChI=1S/C21H23NO4/c23-14-21-13-22(12-17(21)9-10-25-15-21)20(24)16-5-4-8-19(11-16)26-18-6-2-1-3-7-18/h1-8,11,17,23H,9-10,12-15H2/t17-,21+/m0/s1. The van der Waals surface area contributed by atoms with Crippen LogP contribution >= 0.6 is 0 Å². The fourth-order valence-corrected chi connectivity index (χ4v) is 3.97. The molecule has 2 aromatic carbocycles. The van der Waals surface area contributed by atoms with Crippen LogP contribution in [0.2, 0.25) is 0 Å². The summed E-state index contributed by atoms with van der Waals surface area (Å²) in [5.41, 5.74) is 0.289. The first-order chi connectivity index (χ1) is 12.7. The second kappa shape index (κ2) is 7.09. The molecule has 2 aromatic rings. The van der Waals surface area contributed by atoms with Crippen LogP contribution in [0.3, 0.4) is 0 Å². The smallest absolute Gasteiger partial charge is 0.254 e. The van der Waals surface area contributed by atoms with Crippen molar-refractivity contribution >= 4 is 5.91 Å². The Hall–Kier alpha value is -2.37. The number of amides is 1. The van der Waals surface area contributed by atoms with Gasteiger partial charge in [0, 0.05) is 30.7 Å².